The molecule has 0 aromatic carbocycles. The fourth-order valence-electron chi connectivity index (χ4n) is 2.41. The van der Waals surface area contributed by atoms with E-state index < -0.39 is 5.91 Å². The quantitative estimate of drug-likeness (QED) is 0.839. The molecule has 2 heterocycles. The average Bonchev–Trinajstić information content (AvgIpc) is 2.83. The Morgan fingerprint density at radius 2 is 2.20 bits per heavy atom. The van der Waals surface area contributed by atoms with Gasteiger partial charge in [-0.3, -0.25) is 14.9 Å². The number of fused-ring (bicyclic) bond motifs is 1. The standard InChI is InChI=1S/C13H15N5O2/c1-18-7-14-17-13(18)16-12(20)9-6-8-4-2-3-5-10(8)15-11(9)19/h6-7H,2-5H2,1H3,(H,15,19)(H,16,17,20). The van der Waals surface area contributed by atoms with Crippen LogP contribution in [-0.2, 0) is 19.9 Å². The van der Waals surface area contributed by atoms with Gasteiger partial charge in [0.25, 0.3) is 11.5 Å². The fraction of sp³-hybridized carbons (Fsp3) is 0.385. The number of hydrogen-bond acceptors (Lipinski definition) is 4. The Balaban J connectivity index is 1.92. The van der Waals surface area contributed by atoms with E-state index in [1.807, 2.05) is 0 Å². The van der Waals surface area contributed by atoms with Gasteiger partial charge in [0.2, 0.25) is 5.95 Å². The Hall–Kier alpha value is -2.44. The van der Waals surface area contributed by atoms with E-state index in [1.165, 1.54) is 6.33 Å². The number of carbonyl (C=O) groups is 1. The maximum absolute atomic E-state index is 12.2. The smallest absolute Gasteiger partial charge is 0.263 e. The minimum absolute atomic E-state index is 0.119. The molecular weight excluding hydrogens is 258 g/mol. The van der Waals surface area contributed by atoms with Crippen LogP contribution in [0.25, 0.3) is 0 Å². The lowest BCUT2D eigenvalue weighted by Gasteiger charge is -2.15. The van der Waals surface area contributed by atoms with Gasteiger partial charge < -0.3 is 9.55 Å². The van der Waals surface area contributed by atoms with Crippen molar-refractivity contribution in [3.63, 3.8) is 0 Å². The van der Waals surface area contributed by atoms with Crippen LogP contribution in [0, 0.1) is 0 Å². The topological polar surface area (TPSA) is 92.7 Å². The molecular formula is C13H15N5O2. The van der Waals surface area contributed by atoms with Crippen molar-refractivity contribution in [1.82, 2.24) is 19.7 Å². The van der Waals surface area contributed by atoms with Gasteiger partial charge in [0, 0.05) is 12.7 Å². The molecule has 0 fully saturated rings. The van der Waals surface area contributed by atoms with Gasteiger partial charge in [0.1, 0.15) is 11.9 Å². The number of H-pyrrole nitrogens is 1. The van der Waals surface area contributed by atoms with Gasteiger partial charge in [0.05, 0.1) is 0 Å². The lowest BCUT2D eigenvalue weighted by Crippen LogP contribution is -2.26. The molecule has 104 valence electrons. The van der Waals surface area contributed by atoms with Crippen molar-refractivity contribution in [1.29, 1.82) is 0 Å². The Kier molecular flexibility index (Phi) is 3.09. The van der Waals surface area contributed by atoms with Crippen molar-refractivity contribution in [3.8, 4) is 0 Å². The summed E-state index contributed by atoms with van der Waals surface area (Å²) in [5, 5.41) is 10.0. The van der Waals surface area contributed by atoms with E-state index in [1.54, 1.807) is 17.7 Å². The molecule has 1 amide bonds. The molecule has 0 aliphatic heterocycles. The highest BCUT2D eigenvalue weighted by atomic mass is 16.2. The molecule has 1 aliphatic rings. The largest absolute Gasteiger partial charge is 0.325 e. The van der Waals surface area contributed by atoms with Crippen LogP contribution in [0.5, 0.6) is 0 Å². The number of pyridine rings is 1. The summed E-state index contributed by atoms with van der Waals surface area (Å²) in [6.45, 7) is 0. The Labute approximate surface area is 115 Å². The highest BCUT2D eigenvalue weighted by molar-refractivity contribution is 6.03. The van der Waals surface area contributed by atoms with Gasteiger partial charge in [-0.2, -0.15) is 0 Å². The van der Waals surface area contributed by atoms with Crippen molar-refractivity contribution < 1.29 is 4.79 Å². The van der Waals surface area contributed by atoms with Crippen LogP contribution < -0.4 is 10.9 Å². The zero-order valence-corrected chi connectivity index (χ0v) is 11.1. The molecule has 3 rings (SSSR count). The molecule has 2 aromatic heterocycles. The van der Waals surface area contributed by atoms with Crippen molar-refractivity contribution in [2.24, 2.45) is 7.05 Å². The van der Waals surface area contributed by atoms with Crippen molar-refractivity contribution >= 4 is 11.9 Å². The molecule has 0 saturated carbocycles. The van der Waals surface area contributed by atoms with Crippen LogP contribution in [0.15, 0.2) is 17.2 Å². The van der Waals surface area contributed by atoms with Crippen LogP contribution in [0.2, 0.25) is 0 Å². The number of hydrogen-bond donors (Lipinski definition) is 2. The molecule has 0 bridgehead atoms. The monoisotopic (exact) mass is 273 g/mol. The predicted molar refractivity (Wildman–Crippen MR) is 72.7 cm³/mol. The van der Waals surface area contributed by atoms with E-state index in [-0.39, 0.29) is 11.1 Å². The summed E-state index contributed by atoms with van der Waals surface area (Å²) in [5.74, 6) is -0.150. The second-order valence-corrected chi connectivity index (χ2v) is 4.94. The summed E-state index contributed by atoms with van der Waals surface area (Å²) in [5.41, 5.74) is 1.77. The third-order valence-corrected chi connectivity index (χ3v) is 3.52. The van der Waals surface area contributed by atoms with E-state index in [0.717, 1.165) is 36.9 Å². The first-order valence-electron chi connectivity index (χ1n) is 6.55. The van der Waals surface area contributed by atoms with Crippen LogP contribution in [0.4, 0.5) is 5.95 Å². The van der Waals surface area contributed by atoms with Gasteiger partial charge in [-0.25, -0.2) is 0 Å². The molecule has 0 unspecified atom stereocenters. The van der Waals surface area contributed by atoms with Gasteiger partial charge in [0.15, 0.2) is 0 Å². The van der Waals surface area contributed by atoms with E-state index in [4.69, 9.17) is 0 Å². The first-order chi connectivity index (χ1) is 9.65. The number of rotatable bonds is 2. The molecule has 0 saturated heterocycles. The van der Waals surface area contributed by atoms with Crippen LogP contribution in [0.3, 0.4) is 0 Å². The number of aromatic nitrogens is 4. The number of nitrogens with one attached hydrogen (secondary N) is 2. The number of aryl methyl sites for hydroxylation is 3. The first kappa shape index (κ1) is 12.6. The second kappa shape index (κ2) is 4.92. The minimum atomic E-state index is -0.462. The Morgan fingerprint density at radius 3 is 2.95 bits per heavy atom. The maximum Gasteiger partial charge on any atom is 0.263 e. The maximum atomic E-state index is 12.2. The third-order valence-electron chi connectivity index (χ3n) is 3.52. The minimum Gasteiger partial charge on any atom is -0.325 e. The number of aromatic amines is 1. The first-order valence-corrected chi connectivity index (χ1v) is 6.55. The second-order valence-electron chi connectivity index (χ2n) is 4.94. The van der Waals surface area contributed by atoms with Crippen LogP contribution in [-0.4, -0.2) is 25.7 Å². The van der Waals surface area contributed by atoms with Gasteiger partial charge in [-0.05, 0) is 37.3 Å². The van der Waals surface area contributed by atoms with Crippen LogP contribution >= 0.6 is 0 Å². The molecule has 7 nitrogen and oxygen atoms in total. The number of amides is 1. The van der Waals surface area contributed by atoms with Gasteiger partial charge >= 0.3 is 0 Å². The number of anilines is 1. The summed E-state index contributed by atoms with van der Waals surface area (Å²) in [7, 11) is 1.71. The normalized spacial score (nSPS) is 13.8. The molecule has 7 heteroatoms. The summed E-state index contributed by atoms with van der Waals surface area (Å²) >= 11 is 0. The summed E-state index contributed by atoms with van der Waals surface area (Å²) in [6.07, 6.45) is 5.41. The van der Waals surface area contributed by atoms with E-state index in [0.29, 0.717) is 5.95 Å². The molecule has 2 N–H and O–H groups in total. The zero-order chi connectivity index (χ0) is 14.1. The molecule has 1 aliphatic carbocycles. The summed E-state index contributed by atoms with van der Waals surface area (Å²) in [6, 6.07) is 1.69. The van der Waals surface area contributed by atoms with Gasteiger partial charge in [-0.15, -0.1) is 10.2 Å². The Bertz CT molecular complexity index is 716. The van der Waals surface area contributed by atoms with E-state index >= 15 is 0 Å². The number of nitrogens with zero attached hydrogens (tertiary/aromatic N) is 3. The van der Waals surface area contributed by atoms with Crippen molar-refractivity contribution in [3.05, 3.63) is 39.6 Å². The average molecular weight is 273 g/mol. The summed E-state index contributed by atoms with van der Waals surface area (Å²) < 4.78 is 1.57. The lowest BCUT2D eigenvalue weighted by molar-refractivity contribution is 0.102. The fourth-order valence-corrected chi connectivity index (χ4v) is 2.41. The summed E-state index contributed by atoms with van der Waals surface area (Å²) in [4.78, 5) is 27.0. The van der Waals surface area contributed by atoms with Crippen molar-refractivity contribution in [2.75, 3.05) is 5.32 Å². The highest BCUT2D eigenvalue weighted by Gasteiger charge is 2.18. The van der Waals surface area contributed by atoms with E-state index in [2.05, 4.69) is 20.5 Å². The molecule has 0 radical (unpaired) electrons. The molecule has 0 atom stereocenters. The predicted octanol–water partition coefficient (Wildman–Crippen LogP) is 0.634. The molecule has 20 heavy (non-hydrogen) atoms. The van der Waals surface area contributed by atoms with Crippen molar-refractivity contribution in [2.45, 2.75) is 25.7 Å². The molecule has 0 spiro atoms. The van der Waals surface area contributed by atoms with Gasteiger partial charge in [-0.1, -0.05) is 0 Å². The molecule has 2 aromatic rings. The zero-order valence-electron chi connectivity index (χ0n) is 11.1. The number of carbonyl (C=O) groups excluding carboxylic acids is 1. The lowest BCUT2D eigenvalue weighted by atomic mass is 9.95. The highest BCUT2D eigenvalue weighted by Crippen LogP contribution is 2.18. The van der Waals surface area contributed by atoms with Crippen LogP contribution in [0.1, 0.15) is 34.5 Å². The van der Waals surface area contributed by atoms with E-state index in [9.17, 15) is 9.59 Å². The Morgan fingerprint density at radius 1 is 1.40 bits per heavy atom. The SMILES string of the molecule is Cn1cnnc1NC(=O)c1cc2c([nH]c1=O)CCCC2. The third kappa shape index (κ3) is 2.22.